The average molecular weight is 459 g/mol. The number of nitrogens with zero attached hydrogens (tertiary/aromatic N) is 6. The minimum absolute atomic E-state index is 0.116. The maximum atomic E-state index is 12.8. The fraction of sp³-hybridized carbons (Fsp3) is 0.440. The summed E-state index contributed by atoms with van der Waals surface area (Å²) in [5.74, 6) is 0.665. The minimum Gasteiger partial charge on any atom is -0.373 e. The van der Waals surface area contributed by atoms with Crippen LogP contribution in [0.25, 0.3) is 27.9 Å². The zero-order chi connectivity index (χ0) is 23.1. The molecule has 1 aliphatic carbocycles. The second kappa shape index (κ2) is 8.72. The number of hydrogen-bond donors (Lipinski definition) is 2. The Hall–Kier alpha value is -3.46. The smallest absolute Gasteiger partial charge is 0.256 e. The molecule has 6 rings (SSSR count). The van der Waals surface area contributed by atoms with Crippen LogP contribution in [0.2, 0.25) is 0 Å². The van der Waals surface area contributed by atoms with Crippen LogP contribution in [0, 0.1) is 0 Å². The van der Waals surface area contributed by atoms with Crippen LogP contribution in [0.1, 0.15) is 42.5 Å². The van der Waals surface area contributed by atoms with Gasteiger partial charge in [-0.15, -0.1) is 0 Å². The highest BCUT2D eigenvalue weighted by Gasteiger charge is 2.26. The molecule has 5 heterocycles. The highest BCUT2D eigenvalue weighted by molar-refractivity contribution is 6.01. The van der Waals surface area contributed by atoms with E-state index in [1.807, 2.05) is 25.4 Å². The van der Waals surface area contributed by atoms with Crippen molar-refractivity contribution in [2.24, 2.45) is 0 Å². The first-order valence-corrected chi connectivity index (χ1v) is 12.3. The second-order valence-corrected chi connectivity index (χ2v) is 9.33. The molecular weight excluding hydrogens is 428 g/mol. The molecule has 0 aromatic carbocycles. The Labute approximate surface area is 198 Å². The maximum absolute atomic E-state index is 12.8. The third-order valence-electron chi connectivity index (χ3n) is 6.90. The number of nitrogens with one attached hydrogen (secondary N) is 2. The third kappa shape index (κ3) is 3.90. The molecule has 1 saturated carbocycles. The molecule has 0 unspecified atom stereocenters. The van der Waals surface area contributed by atoms with Crippen LogP contribution in [0.5, 0.6) is 0 Å². The Kier molecular flexibility index (Phi) is 5.41. The molecule has 9 heteroatoms. The lowest BCUT2D eigenvalue weighted by atomic mass is 10.1. The van der Waals surface area contributed by atoms with Crippen LogP contribution < -0.4 is 10.6 Å². The summed E-state index contributed by atoms with van der Waals surface area (Å²) in [7, 11) is 1.85. The van der Waals surface area contributed by atoms with Crippen molar-refractivity contribution in [1.82, 2.24) is 34.4 Å². The van der Waals surface area contributed by atoms with E-state index in [4.69, 9.17) is 9.97 Å². The van der Waals surface area contributed by atoms with Crippen LogP contribution in [-0.2, 0) is 6.54 Å². The van der Waals surface area contributed by atoms with E-state index in [1.54, 1.807) is 10.7 Å². The molecule has 0 atom stereocenters. The van der Waals surface area contributed by atoms with Crippen molar-refractivity contribution in [1.29, 1.82) is 0 Å². The third-order valence-corrected chi connectivity index (χ3v) is 6.90. The van der Waals surface area contributed by atoms with E-state index in [2.05, 4.69) is 37.5 Å². The Morgan fingerprint density at radius 1 is 1.15 bits per heavy atom. The molecule has 4 aromatic rings. The number of likely N-dealkylation sites (tertiary alicyclic amines) is 1. The Balaban J connectivity index is 1.40. The predicted octanol–water partition coefficient (Wildman–Crippen LogP) is 3.17. The SMILES string of the molecule is CNc1cc(-c2cn(CCN3CCCCC3)c3ncccc23)nc2c(C(=O)NC3CC3)cnn12. The number of fused-ring (bicyclic) bond motifs is 2. The van der Waals surface area contributed by atoms with Crippen molar-refractivity contribution in [2.75, 3.05) is 32.0 Å². The molecule has 1 saturated heterocycles. The van der Waals surface area contributed by atoms with Gasteiger partial charge in [-0.3, -0.25) is 4.79 Å². The number of carbonyl (C=O) groups is 1. The Bertz CT molecular complexity index is 1350. The molecule has 0 spiro atoms. The fourth-order valence-corrected chi connectivity index (χ4v) is 4.86. The van der Waals surface area contributed by atoms with Gasteiger partial charge in [-0.2, -0.15) is 9.61 Å². The van der Waals surface area contributed by atoms with Gasteiger partial charge >= 0.3 is 0 Å². The molecular formula is C25H30N8O. The van der Waals surface area contributed by atoms with Crippen molar-refractivity contribution < 1.29 is 4.79 Å². The lowest BCUT2D eigenvalue weighted by molar-refractivity contribution is 0.0952. The quantitative estimate of drug-likeness (QED) is 0.442. The summed E-state index contributed by atoms with van der Waals surface area (Å²) in [6.45, 7) is 4.25. The number of pyridine rings is 1. The Morgan fingerprint density at radius 2 is 2.00 bits per heavy atom. The topological polar surface area (TPSA) is 92.4 Å². The molecule has 2 N–H and O–H groups in total. The van der Waals surface area contributed by atoms with Gasteiger partial charge in [0.25, 0.3) is 5.91 Å². The lowest BCUT2D eigenvalue weighted by Gasteiger charge is -2.26. The van der Waals surface area contributed by atoms with E-state index in [0.29, 0.717) is 11.2 Å². The molecule has 1 aliphatic heterocycles. The van der Waals surface area contributed by atoms with Crippen LogP contribution in [0.15, 0.2) is 36.8 Å². The zero-order valence-corrected chi connectivity index (χ0v) is 19.5. The van der Waals surface area contributed by atoms with E-state index >= 15 is 0 Å². The van der Waals surface area contributed by atoms with Crippen molar-refractivity contribution >= 4 is 28.4 Å². The molecule has 1 amide bonds. The van der Waals surface area contributed by atoms with Gasteiger partial charge in [-0.05, 0) is 50.9 Å². The predicted molar refractivity (Wildman–Crippen MR) is 132 cm³/mol. The number of aromatic nitrogens is 5. The summed E-state index contributed by atoms with van der Waals surface area (Å²) in [6.07, 6.45) is 11.6. The first kappa shape index (κ1) is 21.1. The van der Waals surface area contributed by atoms with E-state index in [1.165, 1.54) is 32.4 Å². The number of amides is 1. The highest BCUT2D eigenvalue weighted by Crippen LogP contribution is 2.31. The van der Waals surface area contributed by atoms with E-state index in [9.17, 15) is 4.79 Å². The van der Waals surface area contributed by atoms with E-state index in [0.717, 1.165) is 54.0 Å². The van der Waals surface area contributed by atoms with Gasteiger partial charge in [0.1, 0.15) is 17.0 Å². The van der Waals surface area contributed by atoms with Crippen molar-refractivity contribution in [3.05, 3.63) is 42.4 Å². The summed E-state index contributed by atoms with van der Waals surface area (Å²) in [5, 5.41) is 11.8. The van der Waals surface area contributed by atoms with Gasteiger partial charge in [0.15, 0.2) is 5.65 Å². The highest BCUT2D eigenvalue weighted by atomic mass is 16.1. The molecule has 0 bridgehead atoms. The van der Waals surface area contributed by atoms with Crippen LogP contribution >= 0.6 is 0 Å². The van der Waals surface area contributed by atoms with E-state index < -0.39 is 0 Å². The summed E-state index contributed by atoms with van der Waals surface area (Å²) in [4.78, 5) is 25.0. The zero-order valence-electron chi connectivity index (χ0n) is 19.5. The van der Waals surface area contributed by atoms with E-state index in [-0.39, 0.29) is 11.9 Å². The summed E-state index contributed by atoms with van der Waals surface area (Å²) in [5.41, 5.74) is 3.82. The molecule has 9 nitrogen and oxygen atoms in total. The number of piperidine rings is 1. The Morgan fingerprint density at radius 3 is 2.79 bits per heavy atom. The molecule has 2 aliphatic rings. The van der Waals surface area contributed by atoms with Gasteiger partial charge in [0, 0.05) is 55.6 Å². The number of hydrogen-bond acceptors (Lipinski definition) is 6. The van der Waals surface area contributed by atoms with Gasteiger partial charge < -0.3 is 20.1 Å². The molecule has 34 heavy (non-hydrogen) atoms. The molecule has 4 aromatic heterocycles. The van der Waals surface area contributed by atoms with Gasteiger partial charge in [-0.25, -0.2) is 9.97 Å². The van der Waals surface area contributed by atoms with Crippen molar-refractivity contribution in [2.45, 2.75) is 44.7 Å². The average Bonchev–Trinajstić information content (AvgIpc) is 3.46. The number of rotatable bonds is 7. The maximum Gasteiger partial charge on any atom is 0.256 e. The monoisotopic (exact) mass is 458 g/mol. The minimum atomic E-state index is -0.116. The largest absolute Gasteiger partial charge is 0.373 e. The van der Waals surface area contributed by atoms with Gasteiger partial charge in [-0.1, -0.05) is 6.42 Å². The van der Waals surface area contributed by atoms with Gasteiger partial charge in [0.05, 0.1) is 11.9 Å². The fourth-order valence-electron chi connectivity index (χ4n) is 4.86. The second-order valence-electron chi connectivity index (χ2n) is 9.33. The van der Waals surface area contributed by atoms with Crippen LogP contribution in [0.3, 0.4) is 0 Å². The van der Waals surface area contributed by atoms with Crippen LogP contribution in [-0.4, -0.2) is 67.7 Å². The first-order valence-electron chi connectivity index (χ1n) is 12.3. The molecule has 2 fully saturated rings. The summed E-state index contributed by atoms with van der Waals surface area (Å²) in [6, 6.07) is 6.32. The number of carbonyl (C=O) groups excluding carboxylic acids is 1. The normalized spacial score (nSPS) is 16.9. The molecule has 176 valence electrons. The molecule has 0 radical (unpaired) electrons. The first-order chi connectivity index (χ1) is 16.7. The van der Waals surface area contributed by atoms with Crippen LogP contribution in [0.4, 0.5) is 5.82 Å². The van der Waals surface area contributed by atoms with Crippen molar-refractivity contribution in [3.63, 3.8) is 0 Å². The lowest BCUT2D eigenvalue weighted by Crippen LogP contribution is -2.32. The summed E-state index contributed by atoms with van der Waals surface area (Å²) >= 11 is 0. The standard InChI is InChI=1S/C25H30N8O/c1-26-22-14-21(30-24-19(15-28-33(22)24)25(34)29-17-7-8-17)20-16-32(23-18(20)6-5-9-27-23)13-12-31-10-3-2-4-11-31/h5-6,9,14-17,26H,2-4,7-8,10-13H2,1H3,(H,29,34). The summed E-state index contributed by atoms with van der Waals surface area (Å²) < 4.78 is 3.93. The number of anilines is 1. The van der Waals surface area contributed by atoms with Gasteiger partial charge in [0.2, 0.25) is 0 Å². The van der Waals surface area contributed by atoms with Crippen molar-refractivity contribution in [3.8, 4) is 11.3 Å².